The van der Waals surface area contributed by atoms with Crippen LogP contribution in [0.5, 0.6) is 0 Å². The first kappa shape index (κ1) is 18.0. The Balaban J connectivity index is 1.49. The van der Waals surface area contributed by atoms with Crippen LogP contribution in [0, 0.1) is 0 Å². The Kier molecular flexibility index (Phi) is 4.65. The Hall–Kier alpha value is -4.06. The van der Waals surface area contributed by atoms with Crippen LogP contribution in [0.4, 0.5) is 5.82 Å². The standard InChI is InChI=1S/C24H20N6/c1-17(18-5-3-2-4-6-18)28-23-14-26-15-24(29-23)30-16-27-21-8-7-20(13-22(21)30)19-9-11-25-12-10-19/h2-17H,1H3,(H,28,29)/t17-/m0/s1. The number of pyridine rings is 1. The van der Waals surface area contributed by atoms with Gasteiger partial charge in [-0.05, 0) is 47.9 Å². The molecule has 0 aliphatic rings. The zero-order valence-electron chi connectivity index (χ0n) is 16.5. The van der Waals surface area contributed by atoms with Crippen LogP contribution in [0.15, 0.2) is 91.8 Å². The first-order valence-corrected chi connectivity index (χ1v) is 9.79. The molecule has 30 heavy (non-hydrogen) atoms. The van der Waals surface area contributed by atoms with E-state index in [0.717, 1.165) is 33.8 Å². The van der Waals surface area contributed by atoms with Gasteiger partial charge < -0.3 is 5.32 Å². The predicted octanol–water partition coefficient (Wildman–Crippen LogP) is 5.05. The number of fused-ring (bicyclic) bond motifs is 1. The van der Waals surface area contributed by atoms with Gasteiger partial charge in [0.25, 0.3) is 0 Å². The fourth-order valence-corrected chi connectivity index (χ4v) is 3.50. The van der Waals surface area contributed by atoms with E-state index in [2.05, 4.69) is 51.5 Å². The fourth-order valence-electron chi connectivity index (χ4n) is 3.50. The summed E-state index contributed by atoms with van der Waals surface area (Å²) >= 11 is 0. The Labute approximate surface area is 174 Å². The summed E-state index contributed by atoms with van der Waals surface area (Å²) in [7, 11) is 0. The van der Waals surface area contributed by atoms with E-state index in [1.54, 1.807) is 31.1 Å². The third-order valence-corrected chi connectivity index (χ3v) is 5.09. The van der Waals surface area contributed by atoms with Crippen LogP contribution in [-0.4, -0.2) is 24.5 Å². The zero-order chi connectivity index (χ0) is 20.3. The second-order valence-corrected chi connectivity index (χ2v) is 7.09. The number of anilines is 1. The number of nitrogens with zero attached hydrogens (tertiary/aromatic N) is 5. The molecule has 0 saturated heterocycles. The molecule has 0 fully saturated rings. The summed E-state index contributed by atoms with van der Waals surface area (Å²) in [6.45, 7) is 2.11. The second kappa shape index (κ2) is 7.75. The molecule has 0 spiro atoms. The monoisotopic (exact) mass is 392 g/mol. The lowest BCUT2D eigenvalue weighted by Gasteiger charge is -2.15. The molecule has 0 bridgehead atoms. The van der Waals surface area contributed by atoms with Crippen molar-refractivity contribution in [1.82, 2.24) is 24.5 Å². The Morgan fingerprint density at radius 1 is 0.867 bits per heavy atom. The summed E-state index contributed by atoms with van der Waals surface area (Å²) < 4.78 is 1.96. The van der Waals surface area contributed by atoms with E-state index in [1.165, 1.54) is 5.56 Å². The Morgan fingerprint density at radius 3 is 2.53 bits per heavy atom. The molecule has 6 nitrogen and oxygen atoms in total. The summed E-state index contributed by atoms with van der Waals surface area (Å²) in [6.07, 6.45) is 8.87. The number of hydrogen-bond acceptors (Lipinski definition) is 5. The molecule has 2 aromatic carbocycles. The van der Waals surface area contributed by atoms with Gasteiger partial charge in [-0.2, -0.15) is 0 Å². The molecule has 0 saturated carbocycles. The maximum Gasteiger partial charge on any atom is 0.159 e. The lowest BCUT2D eigenvalue weighted by molar-refractivity contribution is 0.865. The van der Waals surface area contributed by atoms with E-state index in [-0.39, 0.29) is 6.04 Å². The Morgan fingerprint density at radius 2 is 1.70 bits per heavy atom. The highest BCUT2D eigenvalue weighted by Gasteiger charge is 2.11. The summed E-state index contributed by atoms with van der Waals surface area (Å²) in [6, 6.07) is 20.6. The number of hydrogen-bond donors (Lipinski definition) is 1. The lowest BCUT2D eigenvalue weighted by atomic mass is 10.1. The van der Waals surface area contributed by atoms with Gasteiger partial charge in [0.15, 0.2) is 5.82 Å². The third kappa shape index (κ3) is 3.51. The highest BCUT2D eigenvalue weighted by molar-refractivity contribution is 5.83. The third-order valence-electron chi connectivity index (χ3n) is 5.09. The Bertz CT molecular complexity index is 1280. The van der Waals surface area contributed by atoms with E-state index >= 15 is 0 Å². The average Bonchev–Trinajstić information content (AvgIpc) is 3.24. The SMILES string of the molecule is C[C@H](Nc1cncc(-n2cnc3ccc(-c4ccncc4)cc32)n1)c1ccccc1. The van der Waals surface area contributed by atoms with Gasteiger partial charge in [-0.1, -0.05) is 36.4 Å². The molecule has 5 aromatic rings. The van der Waals surface area contributed by atoms with Crippen molar-refractivity contribution in [1.29, 1.82) is 0 Å². The molecule has 3 aromatic heterocycles. The topological polar surface area (TPSA) is 68.5 Å². The van der Waals surface area contributed by atoms with Gasteiger partial charge >= 0.3 is 0 Å². The lowest BCUT2D eigenvalue weighted by Crippen LogP contribution is -2.09. The molecular weight excluding hydrogens is 372 g/mol. The van der Waals surface area contributed by atoms with E-state index in [1.807, 2.05) is 41.0 Å². The van der Waals surface area contributed by atoms with Gasteiger partial charge in [-0.15, -0.1) is 0 Å². The number of aromatic nitrogens is 5. The van der Waals surface area contributed by atoms with E-state index in [4.69, 9.17) is 4.98 Å². The van der Waals surface area contributed by atoms with Crippen molar-refractivity contribution in [2.24, 2.45) is 0 Å². The molecule has 0 aliphatic heterocycles. The van der Waals surface area contributed by atoms with Crippen molar-refractivity contribution in [2.45, 2.75) is 13.0 Å². The maximum atomic E-state index is 4.77. The largest absolute Gasteiger partial charge is 0.362 e. The number of benzene rings is 2. The minimum atomic E-state index is 0.119. The molecule has 6 heteroatoms. The molecule has 0 amide bonds. The van der Waals surface area contributed by atoms with Gasteiger partial charge in [-0.25, -0.2) is 9.97 Å². The smallest absolute Gasteiger partial charge is 0.159 e. The highest BCUT2D eigenvalue weighted by Crippen LogP contribution is 2.25. The highest BCUT2D eigenvalue weighted by atomic mass is 15.2. The number of imidazole rings is 1. The summed E-state index contributed by atoms with van der Waals surface area (Å²) in [4.78, 5) is 17.8. The summed E-state index contributed by atoms with van der Waals surface area (Å²) in [5.74, 6) is 1.44. The quantitative estimate of drug-likeness (QED) is 0.453. The molecule has 1 N–H and O–H groups in total. The molecule has 1 atom stereocenters. The maximum absolute atomic E-state index is 4.77. The van der Waals surface area contributed by atoms with Crippen molar-refractivity contribution in [2.75, 3.05) is 5.32 Å². The summed E-state index contributed by atoms with van der Waals surface area (Å²) in [5, 5.41) is 3.43. The predicted molar refractivity (Wildman–Crippen MR) is 118 cm³/mol. The fraction of sp³-hybridized carbons (Fsp3) is 0.0833. The van der Waals surface area contributed by atoms with Crippen LogP contribution in [0.25, 0.3) is 28.0 Å². The first-order valence-electron chi connectivity index (χ1n) is 9.79. The molecule has 0 unspecified atom stereocenters. The normalized spacial score (nSPS) is 12.0. The second-order valence-electron chi connectivity index (χ2n) is 7.09. The molecule has 146 valence electrons. The molecule has 5 rings (SSSR count). The van der Waals surface area contributed by atoms with Gasteiger partial charge in [0, 0.05) is 18.4 Å². The van der Waals surface area contributed by atoms with Crippen molar-refractivity contribution in [3.8, 4) is 16.9 Å². The van der Waals surface area contributed by atoms with E-state index in [9.17, 15) is 0 Å². The van der Waals surface area contributed by atoms with Crippen molar-refractivity contribution < 1.29 is 0 Å². The molecular formula is C24H20N6. The summed E-state index contributed by atoms with van der Waals surface area (Å²) in [5.41, 5.74) is 5.29. The van der Waals surface area contributed by atoms with Crippen LogP contribution >= 0.6 is 0 Å². The van der Waals surface area contributed by atoms with Crippen molar-refractivity contribution in [3.05, 3.63) is 97.3 Å². The number of rotatable bonds is 5. The average molecular weight is 392 g/mol. The van der Waals surface area contributed by atoms with Crippen LogP contribution < -0.4 is 5.32 Å². The van der Waals surface area contributed by atoms with Gasteiger partial charge in [0.2, 0.25) is 0 Å². The molecule has 0 aliphatic carbocycles. The number of nitrogens with one attached hydrogen (secondary N) is 1. The van der Waals surface area contributed by atoms with Crippen molar-refractivity contribution in [3.63, 3.8) is 0 Å². The molecule has 0 radical (unpaired) electrons. The van der Waals surface area contributed by atoms with Crippen LogP contribution in [-0.2, 0) is 0 Å². The minimum absolute atomic E-state index is 0.119. The van der Waals surface area contributed by atoms with Crippen LogP contribution in [0.3, 0.4) is 0 Å². The minimum Gasteiger partial charge on any atom is -0.362 e. The van der Waals surface area contributed by atoms with Crippen molar-refractivity contribution >= 4 is 16.9 Å². The van der Waals surface area contributed by atoms with Crippen LogP contribution in [0.1, 0.15) is 18.5 Å². The zero-order valence-corrected chi connectivity index (χ0v) is 16.5. The van der Waals surface area contributed by atoms with Gasteiger partial charge in [-0.3, -0.25) is 14.5 Å². The van der Waals surface area contributed by atoms with Gasteiger partial charge in [0.1, 0.15) is 12.1 Å². The van der Waals surface area contributed by atoms with E-state index < -0.39 is 0 Å². The van der Waals surface area contributed by atoms with E-state index in [0.29, 0.717) is 0 Å². The molecule has 3 heterocycles. The van der Waals surface area contributed by atoms with Crippen LogP contribution in [0.2, 0.25) is 0 Å². The first-order chi connectivity index (χ1) is 14.8. The van der Waals surface area contributed by atoms with Gasteiger partial charge in [0.05, 0.1) is 23.4 Å².